The maximum Gasteiger partial charge on any atom is 0.238 e. The van der Waals surface area contributed by atoms with Crippen molar-refractivity contribution in [3.8, 4) is 6.07 Å². The van der Waals surface area contributed by atoms with E-state index in [0.717, 1.165) is 0 Å². The molecule has 0 saturated carbocycles. The van der Waals surface area contributed by atoms with E-state index >= 15 is 0 Å². The van der Waals surface area contributed by atoms with E-state index in [1.807, 2.05) is 6.07 Å². The topological polar surface area (TPSA) is 113 Å². The van der Waals surface area contributed by atoms with Crippen molar-refractivity contribution in [1.82, 2.24) is 0 Å². The number of para-hydroxylation sites is 1. The van der Waals surface area contributed by atoms with Crippen molar-refractivity contribution < 1.29 is 8.42 Å². The molecule has 0 fully saturated rings. The summed E-state index contributed by atoms with van der Waals surface area (Å²) in [7, 11) is -2.05. The monoisotopic (exact) mass is 302 g/mol. The lowest BCUT2D eigenvalue weighted by molar-refractivity contribution is 0.598. The van der Waals surface area contributed by atoms with Gasteiger partial charge in [-0.1, -0.05) is 12.1 Å². The average molecular weight is 302 g/mol. The molecule has 0 saturated heterocycles. The van der Waals surface area contributed by atoms with Crippen molar-refractivity contribution in [3.63, 3.8) is 0 Å². The Balaban J connectivity index is 2.50. The molecule has 4 N–H and O–H groups in total. The lowest BCUT2D eigenvalue weighted by Gasteiger charge is -2.22. The number of nitrogens with two attached hydrogens (primary N) is 2. The van der Waals surface area contributed by atoms with Gasteiger partial charge in [0.1, 0.15) is 6.07 Å². The average Bonchev–Trinajstić information content (AvgIpc) is 2.45. The summed E-state index contributed by atoms with van der Waals surface area (Å²) in [6.07, 6.45) is 0. The predicted molar refractivity (Wildman–Crippen MR) is 81.4 cm³/mol. The molecule has 0 aliphatic rings. The van der Waals surface area contributed by atoms with Gasteiger partial charge in [-0.3, -0.25) is 0 Å². The number of nitriles is 1. The third-order valence-electron chi connectivity index (χ3n) is 3.07. The highest BCUT2D eigenvalue weighted by Gasteiger charge is 2.14. The highest BCUT2D eigenvalue weighted by Crippen LogP contribution is 2.32. The van der Waals surface area contributed by atoms with E-state index < -0.39 is 10.0 Å². The summed E-state index contributed by atoms with van der Waals surface area (Å²) < 4.78 is 22.6. The molecule has 21 heavy (non-hydrogen) atoms. The summed E-state index contributed by atoms with van der Waals surface area (Å²) in [4.78, 5) is 1.67. The standard InChI is InChI=1S/C14H14N4O2S/c1-18(13-5-3-2-4-10(13)9-15)14-7-6-11(8-12(14)16)21(17,19)20/h2-8H,16H2,1H3,(H2,17,19,20). The first-order chi connectivity index (χ1) is 9.84. The van der Waals surface area contributed by atoms with Gasteiger partial charge in [-0.15, -0.1) is 0 Å². The normalized spacial score (nSPS) is 10.9. The minimum absolute atomic E-state index is 0.0503. The van der Waals surface area contributed by atoms with Crippen molar-refractivity contribution >= 4 is 27.1 Å². The number of rotatable bonds is 3. The first-order valence-electron chi connectivity index (χ1n) is 6.00. The van der Waals surface area contributed by atoms with Crippen molar-refractivity contribution in [2.75, 3.05) is 17.7 Å². The van der Waals surface area contributed by atoms with Gasteiger partial charge in [0.25, 0.3) is 0 Å². The molecule has 0 heterocycles. The Morgan fingerprint density at radius 3 is 2.38 bits per heavy atom. The van der Waals surface area contributed by atoms with Gasteiger partial charge in [-0.05, 0) is 30.3 Å². The van der Waals surface area contributed by atoms with Crippen LogP contribution < -0.4 is 15.8 Å². The van der Waals surface area contributed by atoms with Gasteiger partial charge in [0.05, 0.1) is 27.5 Å². The Bertz CT molecular complexity index is 825. The van der Waals surface area contributed by atoms with Crippen LogP contribution in [0.5, 0.6) is 0 Å². The maximum atomic E-state index is 11.3. The van der Waals surface area contributed by atoms with Gasteiger partial charge in [-0.25, -0.2) is 13.6 Å². The second kappa shape index (κ2) is 5.44. The molecule has 0 aliphatic heterocycles. The molecule has 0 bridgehead atoms. The Morgan fingerprint density at radius 2 is 1.81 bits per heavy atom. The molecule has 6 nitrogen and oxygen atoms in total. The minimum Gasteiger partial charge on any atom is -0.397 e. The summed E-state index contributed by atoms with van der Waals surface area (Å²) in [6.45, 7) is 0. The Hall–Kier alpha value is -2.56. The molecular weight excluding hydrogens is 288 g/mol. The fourth-order valence-electron chi connectivity index (χ4n) is 2.01. The number of hydrogen-bond donors (Lipinski definition) is 2. The van der Waals surface area contributed by atoms with E-state index in [4.69, 9.17) is 16.1 Å². The predicted octanol–water partition coefficient (Wildman–Crippen LogP) is 1.56. The highest BCUT2D eigenvalue weighted by molar-refractivity contribution is 7.89. The molecule has 0 aromatic heterocycles. The Labute approximate surface area is 123 Å². The summed E-state index contributed by atoms with van der Waals surface area (Å²) in [5, 5.41) is 14.2. The van der Waals surface area contributed by atoms with Crippen LogP contribution in [0, 0.1) is 11.3 Å². The second-order valence-corrected chi connectivity index (χ2v) is 6.02. The van der Waals surface area contributed by atoms with E-state index in [0.29, 0.717) is 16.9 Å². The zero-order valence-electron chi connectivity index (χ0n) is 11.3. The zero-order valence-corrected chi connectivity index (χ0v) is 12.1. The van der Waals surface area contributed by atoms with E-state index in [-0.39, 0.29) is 10.6 Å². The molecule has 2 aromatic rings. The van der Waals surface area contributed by atoms with Crippen LogP contribution in [0.1, 0.15) is 5.56 Å². The summed E-state index contributed by atoms with van der Waals surface area (Å²) >= 11 is 0. The molecule has 0 spiro atoms. The van der Waals surface area contributed by atoms with E-state index in [9.17, 15) is 8.42 Å². The number of primary sulfonamides is 1. The van der Waals surface area contributed by atoms with Crippen LogP contribution in [0.2, 0.25) is 0 Å². The number of anilines is 3. The number of nitrogens with zero attached hydrogens (tertiary/aromatic N) is 2. The summed E-state index contributed by atoms with van der Waals surface area (Å²) in [6, 6.07) is 13.4. The van der Waals surface area contributed by atoms with E-state index in [1.54, 1.807) is 36.2 Å². The summed E-state index contributed by atoms with van der Waals surface area (Å²) in [5.41, 5.74) is 7.92. The Kier molecular flexibility index (Phi) is 3.84. The van der Waals surface area contributed by atoms with Crippen LogP contribution in [-0.2, 0) is 10.0 Å². The van der Waals surface area contributed by atoms with Gasteiger partial charge in [-0.2, -0.15) is 5.26 Å². The van der Waals surface area contributed by atoms with Crippen LogP contribution in [0.4, 0.5) is 17.1 Å². The molecule has 0 atom stereocenters. The van der Waals surface area contributed by atoms with E-state index in [1.165, 1.54) is 12.1 Å². The molecule has 0 amide bonds. The first kappa shape index (κ1) is 14.8. The largest absolute Gasteiger partial charge is 0.397 e. The summed E-state index contributed by atoms with van der Waals surface area (Å²) in [5.74, 6) is 0. The number of nitrogen functional groups attached to an aromatic ring is 1. The first-order valence-corrected chi connectivity index (χ1v) is 7.54. The number of sulfonamides is 1. The molecule has 0 radical (unpaired) electrons. The molecule has 2 aromatic carbocycles. The van der Waals surface area contributed by atoms with Gasteiger partial charge < -0.3 is 10.6 Å². The van der Waals surface area contributed by atoms with Gasteiger partial charge >= 0.3 is 0 Å². The van der Waals surface area contributed by atoms with Crippen LogP contribution >= 0.6 is 0 Å². The van der Waals surface area contributed by atoms with Crippen LogP contribution in [0.15, 0.2) is 47.4 Å². The molecular formula is C14H14N4O2S. The molecule has 0 aliphatic carbocycles. The van der Waals surface area contributed by atoms with Gasteiger partial charge in [0.15, 0.2) is 0 Å². The molecule has 2 rings (SSSR count). The molecule has 108 valence electrons. The lowest BCUT2D eigenvalue weighted by atomic mass is 10.1. The highest BCUT2D eigenvalue weighted by atomic mass is 32.2. The minimum atomic E-state index is -3.80. The van der Waals surface area contributed by atoms with Gasteiger partial charge in [0.2, 0.25) is 10.0 Å². The smallest absolute Gasteiger partial charge is 0.238 e. The lowest BCUT2D eigenvalue weighted by Crippen LogP contribution is -2.15. The fourth-order valence-corrected chi connectivity index (χ4v) is 2.55. The molecule has 7 heteroatoms. The van der Waals surface area contributed by atoms with Crippen molar-refractivity contribution in [2.24, 2.45) is 5.14 Å². The van der Waals surface area contributed by atoms with E-state index in [2.05, 4.69) is 6.07 Å². The van der Waals surface area contributed by atoms with Crippen molar-refractivity contribution in [2.45, 2.75) is 4.90 Å². The van der Waals surface area contributed by atoms with Crippen LogP contribution in [-0.4, -0.2) is 15.5 Å². The second-order valence-electron chi connectivity index (χ2n) is 4.45. The maximum absolute atomic E-state index is 11.3. The fraction of sp³-hybridized carbons (Fsp3) is 0.0714. The van der Waals surface area contributed by atoms with Crippen LogP contribution in [0.3, 0.4) is 0 Å². The third-order valence-corrected chi connectivity index (χ3v) is 3.99. The third kappa shape index (κ3) is 2.97. The van der Waals surface area contributed by atoms with Crippen molar-refractivity contribution in [1.29, 1.82) is 5.26 Å². The zero-order chi connectivity index (χ0) is 15.6. The number of hydrogen-bond acceptors (Lipinski definition) is 5. The van der Waals surface area contributed by atoms with Crippen LogP contribution in [0.25, 0.3) is 0 Å². The molecule has 0 unspecified atom stereocenters. The Morgan fingerprint density at radius 1 is 1.14 bits per heavy atom. The van der Waals surface area contributed by atoms with Crippen molar-refractivity contribution in [3.05, 3.63) is 48.0 Å². The van der Waals surface area contributed by atoms with Gasteiger partial charge in [0, 0.05) is 7.05 Å². The number of benzene rings is 2. The quantitative estimate of drug-likeness (QED) is 0.835. The SMILES string of the molecule is CN(c1ccc(S(N)(=O)=O)cc1N)c1ccccc1C#N.